The zero-order valence-electron chi connectivity index (χ0n) is 15.8. The second-order valence-electron chi connectivity index (χ2n) is 8.18. The van der Waals surface area contributed by atoms with E-state index in [2.05, 4.69) is 43.0 Å². The second kappa shape index (κ2) is 8.02. The molecule has 1 atom stereocenters. The highest BCUT2D eigenvalue weighted by Crippen LogP contribution is 2.21. The lowest BCUT2D eigenvalue weighted by Crippen LogP contribution is -2.56. The molecule has 1 aliphatic rings. The van der Waals surface area contributed by atoms with Crippen LogP contribution in [0, 0.1) is 5.92 Å². The largest absolute Gasteiger partial charge is 0.444 e. The number of ether oxygens (including phenoxy) is 1. The molecular formula is C20H32N2O2. The van der Waals surface area contributed by atoms with E-state index in [4.69, 9.17) is 4.74 Å². The SMILES string of the molecule is CC(C)C[C@H]1CN(Cc2ccccc2)CCN1C(=O)OC(C)(C)C. The Morgan fingerprint density at radius 1 is 1.21 bits per heavy atom. The van der Waals surface area contributed by atoms with Crippen molar-refractivity contribution in [1.29, 1.82) is 0 Å². The quantitative estimate of drug-likeness (QED) is 0.830. The van der Waals surface area contributed by atoms with Gasteiger partial charge in [-0.25, -0.2) is 4.79 Å². The molecule has 0 saturated carbocycles. The number of carbonyl (C=O) groups is 1. The van der Waals surface area contributed by atoms with Gasteiger partial charge in [0.1, 0.15) is 5.60 Å². The molecule has 1 saturated heterocycles. The number of nitrogens with zero attached hydrogens (tertiary/aromatic N) is 2. The number of benzene rings is 1. The van der Waals surface area contributed by atoms with Crippen molar-refractivity contribution in [1.82, 2.24) is 9.80 Å². The summed E-state index contributed by atoms with van der Waals surface area (Å²) in [5.74, 6) is 0.552. The van der Waals surface area contributed by atoms with Crippen molar-refractivity contribution in [3.63, 3.8) is 0 Å². The number of carbonyl (C=O) groups excluding carboxylic acids is 1. The number of piperazine rings is 1. The van der Waals surface area contributed by atoms with Crippen LogP contribution in [0.5, 0.6) is 0 Å². The van der Waals surface area contributed by atoms with Crippen LogP contribution in [0.3, 0.4) is 0 Å². The third kappa shape index (κ3) is 5.82. The van der Waals surface area contributed by atoms with Gasteiger partial charge < -0.3 is 9.64 Å². The Bertz CT molecular complexity index is 522. The molecule has 24 heavy (non-hydrogen) atoms. The maximum absolute atomic E-state index is 12.6. The first-order chi connectivity index (χ1) is 11.2. The predicted octanol–water partition coefficient (Wildman–Crippen LogP) is 4.15. The predicted molar refractivity (Wildman–Crippen MR) is 97.9 cm³/mol. The van der Waals surface area contributed by atoms with Crippen LogP contribution in [-0.2, 0) is 11.3 Å². The van der Waals surface area contributed by atoms with Crippen molar-refractivity contribution in [3.8, 4) is 0 Å². The summed E-state index contributed by atoms with van der Waals surface area (Å²) < 4.78 is 5.61. The van der Waals surface area contributed by atoms with Gasteiger partial charge in [-0.2, -0.15) is 0 Å². The van der Waals surface area contributed by atoms with Crippen molar-refractivity contribution < 1.29 is 9.53 Å². The second-order valence-corrected chi connectivity index (χ2v) is 8.18. The molecule has 0 radical (unpaired) electrons. The zero-order valence-corrected chi connectivity index (χ0v) is 15.8. The summed E-state index contributed by atoms with van der Waals surface area (Å²) in [7, 11) is 0. The van der Waals surface area contributed by atoms with E-state index in [1.54, 1.807) is 0 Å². The van der Waals surface area contributed by atoms with Gasteiger partial charge in [-0.1, -0.05) is 44.2 Å². The summed E-state index contributed by atoms with van der Waals surface area (Å²) in [5.41, 5.74) is 0.882. The fourth-order valence-electron chi connectivity index (χ4n) is 3.21. The van der Waals surface area contributed by atoms with Crippen LogP contribution in [0.1, 0.15) is 46.6 Å². The number of hydrogen-bond donors (Lipinski definition) is 0. The molecule has 1 aromatic rings. The maximum atomic E-state index is 12.6. The number of amides is 1. The Balaban J connectivity index is 2.02. The molecule has 0 aromatic heterocycles. The Kier molecular flexibility index (Phi) is 6.27. The minimum absolute atomic E-state index is 0.174. The molecule has 1 fully saturated rings. The molecule has 0 unspecified atom stereocenters. The monoisotopic (exact) mass is 332 g/mol. The van der Waals surface area contributed by atoms with E-state index in [0.29, 0.717) is 5.92 Å². The summed E-state index contributed by atoms with van der Waals surface area (Å²) in [4.78, 5) is 16.9. The molecular weight excluding hydrogens is 300 g/mol. The summed E-state index contributed by atoms with van der Waals surface area (Å²) in [6, 6.07) is 10.8. The Morgan fingerprint density at radius 3 is 2.46 bits per heavy atom. The molecule has 0 bridgehead atoms. The van der Waals surface area contributed by atoms with Gasteiger partial charge in [0, 0.05) is 32.2 Å². The topological polar surface area (TPSA) is 32.8 Å². The van der Waals surface area contributed by atoms with Crippen molar-refractivity contribution in [2.24, 2.45) is 5.92 Å². The van der Waals surface area contributed by atoms with Crippen LogP contribution in [0.25, 0.3) is 0 Å². The lowest BCUT2D eigenvalue weighted by Gasteiger charge is -2.42. The summed E-state index contributed by atoms with van der Waals surface area (Å²) in [6.07, 6.45) is 0.831. The maximum Gasteiger partial charge on any atom is 0.410 e. The minimum atomic E-state index is -0.444. The first-order valence-corrected chi connectivity index (χ1v) is 9.00. The molecule has 1 amide bonds. The van der Waals surface area contributed by atoms with Gasteiger partial charge >= 0.3 is 6.09 Å². The Hall–Kier alpha value is -1.55. The van der Waals surface area contributed by atoms with Gasteiger partial charge in [0.05, 0.1) is 0 Å². The average molecular weight is 332 g/mol. The van der Waals surface area contributed by atoms with Crippen LogP contribution in [0.15, 0.2) is 30.3 Å². The highest BCUT2D eigenvalue weighted by atomic mass is 16.6. The molecule has 0 N–H and O–H groups in total. The lowest BCUT2D eigenvalue weighted by atomic mass is 10.00. The molecule has 1 aromatic carbocycles. The fraction of sp³-hybridized carbons (Fsp3) is 0.650. The fourth-order valence-corrected chi connectivity index (χ4v) is 3.21. The van der Waals surface area contributed by atoms with Gasteiger partial charge in [-0.15, -0.1) is 0 Å². The minimum Gasteiger partial charge on any atom is -0.444 e. The molecule has 2 rings (SSSR count). The number of hydrogen-bond acceptors (Lipinski definition) is 3. The summed E-state index contributed by atoms with van der Waals surface area (Å²) in [6.45, 7) is 13.7. The summed E-state index contributed by atoms with van der Waals surface area (Å²) in [5, 5.41) is 0. The van der Waals surface area contributed by atoms with E-state index in [1.165, 1.54) is 5.56 Å². The molecule has 4 heteroatoms. The highest BCUT2D eigenvalue weighted by Gasteiger charge is 2.33. The smallest absolute Gasteiger partial charge is 0.410 e. The van der Waals surface area contributed by atoms with Gasteiger partial charge in [0.15, 0.2) is 0 Å². The number of rotatable bonds is 4. The lowest BCUT2D eigenvalue weighted by molar-refractivity contribution is -0.00564. The molecule has 1 heterocycles. The van der Waals surface area contributed by atoms with Crippen LogP contribution >= 0.6 is 0 Å². The van der Waals surface area contributed by atoms with Crippen LogP contribution in [0.2, 0.25) is 0 Å². The molecule has 0 aliphatic carbocycles. The van der Waals surface area contributed by atoms with Gasteiger partial charge in [0.2, 0.25) is 0 Å². The van der Waals surface area contributed by atoms with Gasteiger partial charge in [-0.05, 0) is 38.7 Å². The van der Waals surface area contributed by atoms with Crippen molar-refractivity contribution >= 4 is 6.09 Å². The zero-order chi connectivity index (χ0) is 17.7. The third-order valence-corrected chi connectivity index (χ3v) is 4.19. The Labute approximate surface area is 146 Å². The molecule has 0 spiro atoms. The van der Waals surface area contributed by atoms with Crippen molar-refractivity contribution in [3.05, 3.63) is 35.9 Å². The third-order valence-electron chi connectivity index (χ3n) is 4.19. The first kappa shape index (κ1) is 18.8. The molecule has 1 aliphatic heterocycles. The van der Waals surface area contributed by atoms with Crippen molar-refractivity contribution in [2.45, 2.75) is 59.2 Å². The van der Waals surface area contributed by atoms with E-state index < -0.39 is 5.60 Å². The average Bonchev–Trinajstić information content (AvgIpc) is 2.46. The van der Waals surface area contributed by atoms with Crippen LogP contribution in [0.4, 0.5) is 4.79 Å². The summed E-state index contributed by atoms with van der Waals surface area (Å²) >= 11 is 0. The van der Waals surface area contributed by atoms with Crippen molar-refractivity contribution in [2.75, 3.05) is 19.6 Å². The highest BCUT2D eigenvalue weighted by molar-refractivity contribution is 5.68. The first-order valence-electron chi connectivity index (χ1n) is 9.00. The van der Waals surface area contributed by atoms with Gasteiger partial charge in [0.25, 0.3) is 0 Å². The molecule has 4 nitrogen and oxygen atoms in total. The van der Waals surface area contributed by atoms with E-state index >= 15 is 0 Å². The standard InChI is InChI=1S/C20H32N2O2/c1-16(2)13-18-15-21(14-17-9-7-6-8-10-17)11-12-22(18)19(23)24-20(3,4)5/h6-10,16,18H,11-15H2,1-5H3/t18-/m0/s1. The molecule has 134 valence electrons. The van der Waals surface area contributed by atoms with Crippen LogP contribution in [-0.4, -0.2) is 47.2 Å². The van der Waals surface area contributed by atoms with Crippen LogP contribution < -0.4 is 0 Å². The van der Waals surface area contributed by atoms with E-state index in [1.807, 2.05) is 31.7 Å². The van der Waals surface area contributed by atoms with Gasteiger partial charge in [-0.3, -0.25) is 4.90 Å². The normalized spacial score (nSPS) is 19.6. The Morgan fingerprint density at radius 2 is 1.88 bits per heavy atom. The van der Waals surface area contributed by atoms with E-state index in [9.17, 15) is 4.79 Å². The van der Waals surface area contributed by atoms with E-state index in [0.717, 1.165) is 32.6 Å². The van der Waals surface area contributed by atoms with E-state index in [-0.39, 0.29) is 12.1 Å².